The summed E-state index contributed by atoms with van der Waals surface area (Å²) >= 11 is 1.70. The van der Waals surface area contributed by atoms with Crippen LogP contribution in [0, 0.1) is 0 Å². The van der Waals surface area contributed by atoms with E-state index in [-0.39, 0.29) is 0 Å². The first-order valence-corrected chi connectivity index (χ1v) is 4.71. The van der Waals surface area contributed by atoms with Crippen molar-refractivity contribution in [2.24, 2.45) is 0 Å². The average molecular weight is 187 g/mol. The fourth-order valence-corrected chi connectivity index (χ4v) is 2.37. The molecule has 0 spiro atoms. The van der Waals surface area contributed by atoms with Crippen LogP contribution in [-0.2, 0) is 0 Å². The third-order valence-electron chi connectivity index (χ3n) is 1.94. The second-order valence-electron chi connectivity index (χ2n) is 2.72. The van der Waals surface area contributed by atoms with Gasteiger partial charge in [0.1, 0.15) is 5.52 Å². The van der Waals surface area contributed by atoms with Crippen molar-refractivity contribution in [2.75, 3.05) is 0 Å². The molecule has 0 aromatic carbocycles. The minimum Gasteiger partial charge on any atom is -0.263 e. The summed E-state index contributed by atoms with van der Waals surface area (Å²) in [5.41, 5.74) is 0.977. The SMILES string of the molecule is c1cc2c(cn1)sc1ccnnc12. The molecule has 0 fully saturated rings. The lowest BCUT2D eigenvalue weighted by molar-refractivity contribution is 1.08. The lowest BCUT2D eigenvalue weighted by Crippen LogP contribution is -1.77. The van der Waals surface area contributed by atoms with Crippen molar-refractivity contribution >= 4 is 31.6 Å². The maximum absolute atomic E-state index is 4.10. The molecule has 0 aliphatic carbocycles. The second-order valence-corrected chi connectivity index (χ2v) is 3.80. The van der Waals surface area contributed by atoms with E-state index in [2.05, 4.69) is 15.2 Å². The number of hydrogen-bond donors (Lipinski definition) is 0. The highest BCUT2D eigenvalue weighted by atomic mass is 32.1. The normalized spacial score (nSPS) is 11.1. The summed E-state index contributed by atoms with van der Waals surface area (Å²) in [6.07, 6.45) is 5.36. The van der Waals surface area contributed by atoms with Crippen molar-refractivity contribution < 1.29 is 0 Å². The Morgan fingerprint density at radius 2 is 2.08 bits per heavy atom. The molecule has 0 amide bonds. The average Bonchev–Trinajstić information content (AvgIpc) is 2.56. The molecule has 3 rings (SSSR count). The molecule has 0 aliphatic heterocycles. The number of hydrogen-bond acceptors (Lipinski definition) is 4. The van der Waals surface area contributed by atoms with E-state index >= 15 is 0 Å². The lowest BCUT2D eigenvalue weighted by atomic mass is 10.3. The van der Waals surface area contributed by atoms with E-state index in [0.717, 1.165) is 20.3 Å². The third-order valence-corrected chi connectivity index (χ3v) is 3.04. The van der Waals surface area contributed by atoms with E-state index in [0.29, 0.717) is 0 Å². The number of pyridine rings is 1. The van der Waals surface area contributed by atoms with Gasteiger partial charge in [0.2, 0.25) is 0 Å². The molecule has 13 heavy (non-hydrogen) atoms. The van der Waals surface area contributed by atoms with Crippen LogP contribution in [0.5, 0.6) is 0 Å². The highest BCUT2D eigenvalue weighted by molar-refractivity contribution is 7.25. The summed E-state index contributed by atoms with van der Waals surface area (Å²) < 4.78 is 2.33. The van der Waals surface area contributed by atoms with Crippen molar-refractivity contribution in [3.05, 3.63) is 30.7 Å². The summed E-state index contributed by atoms with van der Waals surface area (Å²) in [4.78, 5) is 4.07. The van der Waals surface area contributed by atoms with Crippen molar-refractivity contribution in [2.45, 2.75) is 0 Å². The smallest absolute Gasteiger partial charge is 0.112 e. The molecule has 3 aromatic rings. The number of aromatic nitrogens is 3. The highest BCUT2D eigenvalue weighted by Crippen LogP contribution is 2.30. The van der Waals surface area contributed by atoms with Crippen LogP contribution >= 0.6 is 11.3 Å². The molecule has 3 nitrogen and oxygen atoms in total. The maximum Gasteiger partial charge on any atom is 0.112 e. The quantitative estimate of drug-likeness (QED) is 0.541. The minimum absolute atomic E-state index is 0.977. The minimum atomic E-state index is 0.977. The summed E-state index contributed by atoms with van der Waals surface area (Å²) in [5.74, 6) is 0. The summed E-state index contributed by atoms with van der Waals surface area (Å²) in [5, 5.41) is 9.12. The standard InChI is InChI=1S/C9H5N3S/c1-3-10-5-8-6(1)9-7(13-8)2-4-11-12-9/h1-5H. The van der Waals surface area contributed by atoms with Crippen LogP contribution in [0.15, 0.2) is 30.7 Å². The van der Waals surface area contributed by atoms with Gasteiger partial charge in [0.05, 0.1) is 15.6 Å². The zero-order valence-electron chi connectivity index (χ0n) is 6.64. The van der Waals surface area contributed by atoms with E-state index in [1.54, 1.807) is 23.7 Å². The summed E-state index contributed by atoms with van der Waals surface area (Å²) in [6.45, 7) is 0. The molecule has 3 heterocycles. The lowest BCUT2D eigenvalue weighted by Gasteiger charge is -1.86. The fourth-order valence-electron chi connectivity index (χ4n) is 1.36. The van der Waals surface area contributed by atoms with Gasteiger partial charge in [-0.15, -0.1) is 16.4 Å². The Hall–Kier alpha value is -1.55. The van der Waals surface area contributed by atoms with Crippen molar-refractivity contribution in [1.82, 2.24) is 15.2 Å². The Kier molecular flexibility index (Phi) is 1.31. The Balaban J connectivity index is 2.64. The molecule has 0 radical (unpaired) electrons. The first-order chi connectivity index (χ1) is 6.45. The van der Waals surface area contributed by atoms with E-state index in [1.165, 1.54) is 0 Å². The van der Waals surface area contributed by atoms with Gasteiger partial charge in [-0.3, -0.25) is 4.98 Å². The molecular formula is C9H5N3S. The number of rotatable bonds is 0. The monoisotopic (exact) mass is 187 g/mol. The Bertz CT molecular complexity index is 523. The second kappa shape index (κ2) is 2.47. The fraction of sp³-hybridized carbons (Fsp3) is 0. The van der Waals surface area contributed by atoms with Gasteiger partial charge in [0.15, 0.2) is 0 Å². The Labute approximate surface area is 78.1 Å². The van der Waals surface area contributed by atoms with Gasteiger partial charge < -0.3 is 0 Å². The third kappa shape index (κ3) is 0.922. The van der Waals surface area contributed by atoms with E-state index in [1.807, 2.05) is 18.3 Å². The maximum atomic E-state index is 4.10. The molecule has 0 aliphatic rings. The first-order valence-electron chi connectivity index (χ1n) is 3.89. The topological polar surface area (TPSA) is 38.7 Å². The molecule has 4 heteroatoms. The molecule has 0 N–H and O–H groups in total. The predicted molar refractivity (Wildman–Crippen MR) is 52.7 cm³/mol. The summed E-state index contributed by atoms with van der Waals surface area (Å²) in [7, 11) is 0. The van der Waals surface area contributed by atoms with Crippen LogP contribution in [0.3, 0.4) is 0 Å². The predicted octanol–water partition coefficient (Wildman–Crippen LogP) is 2.24. The van der Waals surface area contributed by atoms with Crippen LogP contribution in [0.4, 0.5) is 0 Å². The molecule has 3 aromatic heterocycles. The van der Waals surface area contributed by atoms with E-state index in [9.17, 15) is 0 Å². The van der Waals surface area contributed by atoms with Gasteiger partial charge in [-0.1, -0.05) is 0 Å². The van der Waals surface area contributed by atoms with Crippen molar-refractivity contribution in [1.29, 1.82) is 0 Å². The summed E-state index contributed by atoms with van der Waals surface area (Å²) in [6, 6.07) is 3.95. The van der Waals surface area contributed by atoms with Crippen molar-refractivity contribution in [3.63, 3.8) is 0 Å². The van der Waals surface area contributed by atoms with Crippen LogP contribution in [0.25, 0.3) is 20.3 Å². The van der Waals surface area contributed by atoms with E-state index < -0.39 is 0 Å². The highest BCUT2D eigenvalue weighted by Gasteiger charge is 2.04. The number of fused-ring (bicyclic) bond motifs is 3. The first kappa shape index (κ1) is 6.91. The number of nitrogens with zero attached hydrogens (tertiary/aromatic N) is 3. The van der Waals surface area contributed by atoms with Gasteiger partial charge in [0, 0.05) is 17.8 Å². The molecule has 62 valence electrons. The van der Waals surface area contributed by atoms with Crippen LogP contribution in [0.2, 0.25) is 0 Å². The van der Waals surface area contributed by atoms with Gasteiger partial charge in [-0.25, -0.2) is 0 Å². The van der Waals surface area contributed by atoms with Gasteiger partial charge in [0.25, 0.3) is 0 Å². The van der Waals surface area contributed by atoms with Crippen LogP contribution in [0.1, 0.15) is 0 Å². The molecule has 0 saturated carbocycles. The molecule has 0 atom stereocenters. The van der Waals surface area contributed by atoms with Crippen LogP contribution in [-0.4, -0.2) is 15.2 Å². The molecule has 0 unspecified atom stereocenters. The molecule has 0 bridgehead atoms. The zero-order valence-corrected chi connectivity index (χ0v) is 7.45. The van der Waals surface area contributed by atoms with Crippen molar-refractivity contribution in [3.8, 4) is 0 Å². The van der Waals surface area contributed by atoms with E-state index in [4.69, 9.17) is 0 Å². The molecule has 0 saturated heterocycles. The largest absolute Gasteiger partial charge is 0.263 e. The van der Waals surface area contributed by atoms with Gasteiger partial charge in [-0.05, 0) is 12.1 Å². The van der Waals surface area contributed by atoms with Gasteiger partial charge in [-0.2, -0.15) is 5.10 Å². The zero-order chi connectivity index (χ0) is 8.67. The Morgan fingerprint density at radius 1 is 1.08 bits per heavy atom. The van der Waals surface area contributed by atoms with Gasteiger partial charge >= 0.3 is 0 Å². The Morgan fingerprint density at radius 3 is 3.08 bits per heavy atom. The number of thiophene rings is 1. The van der Waals surface area contributed by atoms with Crippen LogP contribution < -0.4 is 0 Å². The molecular weight excluding hydrogens is 182 g/mol.